The molecule has 10 nitrogen and oxygen atoms in total. The summed E-state index contributed by atoms with van der Waals surface area (Å²) in [5.74, 6) is 0.555. The Morgan fingerprint density at radius 1 is 1.18 bits per heavy atom. The fraction of sp³-hybridized carbons (Fsp3) is 0.0455. The molecule has 33 heavy (non-hydrogen) atoms. The predicted octanol–water partition coefficient (Wildman–Crippen LogP) is 5.06. The van der Waals surface area contributed by atoms with E-state index in [0.29, 0.717) is 22.6 Å². The first-order valence-electron chi connectivity index (χ1n) is 9.42. The van der Waals surface area contributed by atoms with Gasteiger partial charge >= 0.3 is 5.91 Å². The summed E-state index contributed by atoms with van der Waals surface area (Å²) < 4.78 is 17.4. The van der Waals surface area contributed by atoms with E-state index < -0.39 is 10.8 Å². The maximum absolute atomic E-state index is 12.3. The summed E-state index contributed by atoms with van der Waals surface area (Å²) in [4.78, 5) is 26.4. The van der Waals surface area contributed by atoms with Gasteiger partial charge in [-0.3, -0.25) is 14.9 Å². The first-order valence-corrected chi connectivity index (χ1v) is 10.2. The SMILES string of the molecule is COc1cc(/C=N/NC(=O)c2cc3cc(Br)ccc3o2)ccc1Oc1ccc([N+](=O)[O-])cn1. The molecule has 0 aliphatic carbocycles. The molecule has 4 rings (SSSR count). The molecule has 0 fully saturated rings. The smallest absolute Gasteiger partial charge is 0.307 e. The van der Waals surface area contributed by atoms with E-state index in [1.54, 1.807) is 30.3 Å². The number of benzene rings is 2. The summed E-state index contributed by atoms with van der Waals surface area (Å²) in [5, 5.41) is 15.5. The molecule has 2 heterocycles. The molecular weight excluding hydrogens is 496 g/mol. The summed E-state index contributed by atoms with van der Waals surface area (Å²) >= 11 is 3.38. The van der Waals surface area contributed by atoms with Gasteiger partial charge in [0, 0.05) is 22.0 Å². The first-order chi connectivity index (χ1) is 15.9. The van der Waals surface area contributed by atoms with Crippen LogP contribution in [-0.4, -0.2) is 29.1 Å². The Morgan fingerprint density at radius 2 is 2.03 bits per heavy atom. The third-order valence-electron chi connectivity index (χ3n) is 4.42. The van der Waals surface area contributed by atoms with Crippen LogP contribution in [0.3, 0.4) is 0 Å². The fourth-order valence-electron chi connectivity index (χ4n) is 2.85. The highest BCUT2D eigenvalue weighted by atomic mass is 79.9. The van der Waals surface area contributed by atoms with E-state index >= 15 is 0 Å². The lowest BCUT2D eigenvalue weighted by Gasteiger charge is -2.10. The second kappa shape index (κ2) is 9.49. The normalized spacial score (nSPS) is 11.0. The molecule has 0 aliphatic rings. The minimum absolute atomic E-state index is 0.136. The zero-order valence-electron chi connectivity index (χ0n) is 17.0. The zero-order chi connectivity index (χ0) is 23.4. The van der Waals surface area contributed by atoms with Crippen molar-refractivity contribution in [2.24, 2.45) is 5.10 Å². The zero-order valence-corrected chi connectivity index (χ0v) is 18.6. The van der Waals surface area contributed by atoms with E-state index in [2.05, 4.69) is 31.4 Å². The topological polar surface area (TPSA) is 129 Å². The number of nitrogens with zero attached hydrogens (tertiary/aromatic N) is 3. The number of pyridine rings is 1. The van der Waals surface area contributed by atoms with Gasteiger partial charge in [0.2, 0.25) is 5.88 Å². The van der Waals surface area contributed by atoms with E-state index in [9.17, 15) is 14.9 Å². The Kier molecular flexibility index (Phi) is 6.31. The van der Waals surface area contributed by atoms with Gasteiger partial charge in [0.15, 0.2) is 17.3 Å². The number of nitrogens with one attached hydrogen (secondary N) is 1. The summed E-state index contributed by atoms with van der Waals surface area (Å²) in [6.07, 6.45) is 2.54. The van der Waals surface area contributed by atoms with Crippen LogP contribution in [-0.2, 0) is 0 Å². The molecule has 4 aromatic rings. The lowest BCUT2D eigenvalue weighted by atomic mass is 10.2. The van der Waals surface area contributed by atoms with Crippen LogP contribution in [0.15, 0.2) is 74.8 Å². The highest BCUT2D eigenvalue weighted by Crippen LogP contribution is 2.31. The number of halogens is 1. The number of carbonyl (C=O) groups excluding carboxylic acids is 1. The Morgan fingerprint density at radius 3 is 2.76 bits per heavy atom. The molecule has 0 atom stereocenters. The molecule has 166 valence electrons. The fourth-order valence-corrected chi connectivity index (χ4v) is 3.23. The average molecular weight is 511 g/mol. The minimum atomic E-state index is -0.544. The van der Waals surface area contributed by atoms with Gasteiger partial charge in [0.1, 0.15) is 11.8 Å². The molecule has 2 aromatic carbocycles. The van der Waals surface area contributed by atoms with Crippen molar-refractivity contribution in [3.8, 4) is 17.4 Å². The highest BCUT2D eigenvalue weighted by Gasteiger charge is 2.12. The molecule has 1 amide bonds. The van der Waals surface area contributed by atoms with Gasteiger partial charge in [-0.15, -0.1) is 0 Å². The molecule has 0 unspecified atom stereocenters. The number of fused-ring (bicyclic) bond motifs is 1. The number of hydrazone groups is 1. The maximum Gasteiger partial charge on any atom is 0.307 e. The van der Waals surface area contributed by atoms with Crippen LogP contribution in [0, 0.1) is 10.1 Å². The largest absolute Gasteiger partial charge is 0.493 e. The van der Waals surface area contributed by atoms with Crippen molar-refractivity contribution in [2.45, 2.75) is 0 Å². The summed E-state index contributed by atoms with van der Waals surface area (Å²) in [6.45, 7) is 0. The summed E-state index contributed by atoms with van der Waals surface area (Å²) in [5.41, 5.74) is 3.50. The van der Waals surface area contributed by atoms with Crippen LogP contribution < -0.4 is 14.9 Å². The molecule has 0 saturated heterocycles. The first kappa shape index (κ1) is 22.0. The Balaban J connectivity index is 1.43. The lowest BCUT2D eigenvalue weighted by molar-refractivity contribution is -0.385. The van der Waals surface area contributed by atoms with E-state index in [4.69, 9.17) is 13.9 Å². The van der Waals surface area contributed by atoms with Crippen LogP contribution in [0.5, 0.6) is 17.4 Å². The van der Waals surface area contributed by atoms with E-state index in [0.717, 1.165) is 16.1 Å². The van der Waals surface area contributed by atoms with Crippen LogP contribution in [0.1, 0.15) is 16.1 Å². The summed E-state index contributed by atoms with van der Waals surface area (Å²) in [7, 11) is 1.47. The van der Waals surface area contributed by atoms with Crippen LogP contribution >= 0.6 is 15.9 Å². The molecule has 0 saturated carbocycles. The molecule has 0 aliphatic heterocycles. The number of rotatable bonds is 7. The predicted molar refractivity (Wildman–Crippen MR) is 123 cm³/mol. The van der Waals surface area contributed by atoms with Gasteiger partial charge in [-0.05, 0) is 48.0 Å². The van der Waals surface area contributed by atoms with E-state index in [1.165, 1.54) is 25.5 Å². The number of methoxy groups -OCH3 is 1. The standard InChI is InChI=1S/C22H15BrN4O6/c1-31-19-8-13(2-5-18(19)33-21-7-4-16(12-24-21)27(29)30)11-25-26-22(28)20-10-14-9-15(23)3-6-17(14)32-20/h2-12H,1H3,(H,26,28)/b25-11+. The molecule has 2 aromatic heterocycles. The lowest BCUT2D eigenvalue weighted by Crippen LogP contribution is -2.16. The molecule has 0 bridgehead atoms. The van der Waals surface area contributed by atoms with Crippen molar-refractivity contribution in [3.05, 3.63) is 86.7 Å². The van der Waals surface area contributed by atoms with Crippen molar-refractivity contribution in [1.82, 2.24) is 10.4 Å². The number of carbonyl (C=O) groups is 1. The number of amides is 1. The van der Waals surface area contributed by atoms with Gasteiger partial charge in [0.05, 0.1) is 18.2 Å². The number of hydrogen-bond donors (Lipinski definition) is 1. The van der Waals surface area contributed by atoms with Crippen LogP contribution in [0.2, 0.25) is 0 Å². The number of hydrogen-bond acceptors (Lipinski definition) is 8. The number of aromatic nitrogens is 1. The molecular formula is C22H15BrN4O6. The van der Waals surface area contributed by atoms with Gasteiger partial charge in [-0.1, -0.05) is 15.9 Å². The Labute approximate surface area is 195 Å². The maximum atomic E-state index is 12.3. The van der Waals surface area contributed by atoms with Gasteiger partial charge in [-0.25, -0.2) is 10.4 Å². The van der Waals surface area contributed by atoms with Crippen molar-refractivity contribution < 1.29 is 23.6 Å². The van der Waals surface area contributed by atoms with Crippen molar-refractivity contribution in [1.29, 1.82) is 0 Å². The third kappa shape index (κ3) is 5.15. The Hall–Kier alpha value is -4.25. The summed E-state index contributed by atoms with van der Waals surface area (Å²) in [6, 6.07) is 14.7. The van der Waals surface area contributed by atoms with Crippen LogP contribution in [0.4, 0.5) is 5.69 Å². The monoisotopic (exact) mass is 510 g/mol. The molecule has 0 spiro atoms. The number of nitro groups is 1. The van der Waals surface area contributed by atoms with Gasteiger partial charge in [-0.2, -0.15) is 5.10 Å². The van der Waals surface area contributed by atoms with Crippen molar-refractivity contribution in [2.75, 3.05) is 7.11 Å². The average Bonchev–Trinajstić information content (AvgIpc) is 3.23. The second-order valence-electron chi connectivity index (χ2n) is 6.62. The molecule has 0 radical (unpaired) electrons. The number of ether oxygens (including phenoxy) is 2. The van der Waals surface area contributed by atoms with Gasteiger partial charge in [0.25, 0.3) is 5.69 Å². The highest BCUT2D eigenvalue weighted by molar-refractivity contribution is 9.10. The Bertz CT molecular complexity index is 1370. The molecule has 1 N–H and O–H groups in total. The van der Waals surface area contributed by atoms with E-state index in [1.807, 2.05) is 12.1 Å². The minimum Gasteiger partial charge on any atom is -0.493 e. The second-order valence-corrected chi connectivity index (χ2v) is 7.53. The molecule has 11 heteroatoms. The number of furan rings is 1. The van der Waals surface area contributed by atoms with Crippen LogP contribution in [0.25, 0.3) is 11.0 Å². The van der Waals surface area contributed by atoms with Crippen molar-refractivity contribution in [3.63, 3.8) is 0 Å². The van der Waals surface area contributed by atoms with Gasteiger partial charge < -0.3 is 13.9 Å². The van der Waals surface area contributed by atoms with E-state index in [-0.39, 0.29) is 17.3 Å². The van der Waals surface area contributed by atoms with Crippen molar-refractivity contribution >= 4 is 44.7 Å². The third-order valence-corrected chi connectivity index (χ3v) is 4.91. The quantitative estimate of drug-likeness (QED) is 0.209.